The third-order valence-corrected chi connectivity index (χ3v) is 7.52. The molecule has 1 aromatic heterocycles. The number of para-hydroxylation sites is 1. The Morgan fingerprint density at radius 3 is 2.29 bits per heavy atom. The summed E-state index contributed by atoms with van der Waals surface area (Å²) in [6, 6.07) is 12.8. The largest absolute Gasteiger partial charge is 0.416 e. The van der Waals surface area contributed by atoms with Gasteiger partial charge in [0.25, 0.3) is 11.6 Å². The molecular formula is C31H24F6N4O4. The third-order valence-electron chi connectivity index (χ3n) is 7.52. The van der Waals surface area contributed by atoms with E-state index in [1.165, 1.54) is 40.2 Å². The van der Waals surface area contributed by atoms with Crippen LogP contribution < -0.4 is 0 Å². The van der Waals surface area contributed by atoms with E-state index >= 15 is 0 Å². The first-order valence-electron chi connectivity index (χ1n) is 13.6. The number of piperazine rings is 1. The van der Waals surface area contributed by atoms with Crippen LogP contribution in [-0.4, -0.2) is 57.2 Å². The lowest BCUT2D eigenvalue weighted by Gasteiger charge is -2.41. The summed E-state index contributed by atoms with van der Waals surface area (Å²) in [4.78, 5) is 43.0. The van der Waals surface area contributed by atoms with Crippen molar-refractivity contribution in [2.45, 2.75) is 24.8 Å². The van der Waals surface area contributed by atoms with Crippen molar-refractivity contribution in [3.8, 4) is 0 Å². The average Bonchev–Trinajstić information content (AvgIpc) is 3.41. The molecule has 2 amide bonds. The number of nitrogens with one attached hydrogen (secondary N) is 1. The number of alkyl halides is 6. The van der Waals surface area contributed by atoms with Gasteiger partial charge in [-0.3, -0.25) is 19.7 Å². The summed E-state index contributed by atoms with van der Waals surface area (Å²) in [6.07, 6.45) is -5.82. The first-order valence-corrected chi connectivity index (χ1v) is 13.6. The molecule has 1 fully saturated rings. The number of aromatic nitrogens is 1. The van der Waals surface area contributed by atoms with Gasteiger partial charge in [0, 0.05) is 60.5 Å². The van der Waals surface area contributed by atoms with Crippen molar-refractivity contribution in [1.82, 2.24) is 14.8 Å². The second kappa shape index (κ2) is 12.1. The molecule has 1 aliphatic rings. The van der Waals surface area contributed by atoms with E-state index in [0.29, 0.717) is 17.7 Å². The topological polar surface area (TPSA) is 99.5 Å². The number of benzene rings is 3. The Kier molecular flexibility index (Phi) is 8.41. The Morgan fingerprint density at radius 1 is 0.933 bits per heavy atom. The highest BCUT2D eigenvalue weighted by atomic mass is 19.4. The number of H-pyrrole nitrogens is 1. The molecule has 0 radical (unpaired) electrons. The van der Waals surface area contributed by atoms with Crippen molar-refractivity contribution in [2.24, 2.45) is 0 Å². The Hall–Kier alpha value is -5.14. The van der Waals surface area contributed by atoms with E-state index in [1.54, 1.807) is 24.4 Å². The number of nitrogens with zero attached hydrogens (tertiary/aromatic N) is 3. The number of nitro benzene ring substituents is 1. The maximum absolute atomic E-state index is 13.6. The van der Waals surface area contributed by atoms with Crippen molar-refractivity contribution in [3.63, 3.8) is 0 Å². The van der Waals surface area contributed by atoms with Crippen LogP contribution in [0.3, 0.4) is 0 Å². The molecule has 1 unspecified atom stereocenters. The number of carbonyl (C=O) groups excluding carboxylic acids is 2. The molecule has 1 N–H and O–H groups in total. The highest BCUT2D eigenvalue weighted by Crippen LogP contribution is 2.37. The molecule has 234 valence electrons. The predicted octanol–water partition coefficient (Wildman–Crippen LogP) is 6.72. The predicted molar refractivity (Wildman–Crippen MR) is 152 cm³/mol. The number of rotatable bonds is 6. The fraction of sp³-hybridized carbons (Fsp3) is 0.226. The van der Waals surface area contributed by atoms with E-state index in [4.69, 9.17) is 0 Å². The number of aromatic amines is 1. The zero-order valence-electron chi connectivity index (χ0n) is 23.2. The lowest BCUT2D eigenvalue weighted by molar-refractivity contribution is -0.384. The van der Waals surface area contributed by atoms with Gasteiger partial charge >= 0.3 is 12.4 Å². The minimum absolute atomic E-state index is 0.0372. The summed E-state index contributed by atoms with van der Waals surface area (Å²) in [7, 11) is 0. The fourth-order valence-corrected chi connectivity index (χ4v) is 5.31. The second-order valence-electron chi connectivity index (χ2n) is 10.5. The average molecular weight is 631 g/mol. The zero-order chi connectivity index (χ0) is 32.5. The van der Waals surface area contributed by atoms with Crippen LogP contribution in [-0.2, 0) is 23.6 Å². The molecule has 0 aliphatic carbocycles. The van der Waals surface area contributed by atoms with Crippen LogP contribution in [0.25, 0.3) is 17.0 Å². The molecule has 3 aromatic carbocycles. The van der Waals surface area contributed by atoms with E-state index in [2.05, 4.69) is 4.98 Å². The molecule has 1 saturated heterocycles. The van der Waals surface area contributed by atoms with Gasteiger partial charge in [-0.15, -0.1) is 0 Å². The van der Waals surface area contributed by atoms with E-state index in [9.17, 15) is 46.0 Å². The Morgan fingerprint density at radius 2 is 1.62 bits per heavy atom. The third kappa shape index (κ3) is 7.00. The van der Waals surface area contributed by atoms with Gasteiger partial charge in [0.05, 0.1) is 22.1 Å². The molecular weight excluding hydrogens is 606 g/mol. The summed E-state index contributed by atoms with van der Waals surface area (Å²) in [5.41, 5.74) is -2.24. The molecule has 0 spiro atoms. The standard InChI is InChI=1S/C31H24F6N4O4/c32-30(33,34)22-13-20(14-23(16-22)31(35,36)37)29(43)40-11-10-39(28(42)9-8-19-4-3-5-24(12-19)41(44)45)18-25(40)15-21-17-38-27-7-2-1-6-26(21)27/h1-9,12-14,16-17,25,38H,10-11,15,18H2/b9-8+. The Labute approximate surface area is 251 Å². The number of nitro groups is 1. The smallest absolute Gasteiger partial charge is 0.361 e. The molecule has 5 rings (SSSR count). The van der Waals surface area contributed by atoms with Crippen molar-refractivity contribution < 1.29 is 40.9 Å². The molecule has 4 aromatic rings. The van der Waals surface area contributed by atoms with Gasteiger partial charge in [-0.1, -0.05) is 30.3 Å². The molecule has 1 aliphatic heterocycles. The van der Waals surface area contributed by atoms with E-state index < -0.39 is 51.8 Å². The highest BCUT2D eigenvalue weighted by molar-refractivity contribution is 5.96. The van der Waals surface area contributed by atoms with Crippen LogP contribution in [0.2, 0.25) is 0 Å². The van der Waals surface area contributed by atoms with Crippen molar-refractivity contribution in [2.75, 3.05) is 19.6 Å². The van der Waals surface area contributed by atoms with Crippen LogP contribution in [0.5, 0.6) is 0 Å². The normalized spacial score (nSPS) is 16.0. The Balaban J connectivity index is 1.46. The summed E-state index contributed by atoms with van der Waals surface area (Å²) in [5, 5.41) is 11.9. The molecule has 45 heavy (non-hydrogen) atoms. The summed E-state index contributed by atoms with van der Waals surface area (Å²) < 4.78 is 81.2. The van der Waals surface area contributed by atoms with E-state index in [1.807, 2.05) is 12.1 Å². The summed E-state index contributed by atoms with van der Waals surface area (Å²) >= 11 is 0. The van der Waals surface area contributed by atoms with E-state index in [0.717, 1.165) is 16.5 Å². The number of non-ortho nitro benzene ring substituents is 1. The summed E-state index contributed by atoms with van der Waals surface area (Å²) in [6.45, 7) is -0.298. The number of halogens is 6. The number of hydrogen-bond acceptors (Lipinski definition) is 4. The van der Waals surface area contributed by atoms with Gasteiger partial charge < -0.3 is 14.8 Å². The quantitative estimate of drug-likeness (QED) is 0.111. The number of carbonyl (C=O) groups is 2. The Bertz CT molecular complexity index is 1760. The maximum Gasteiger partial charge on any atom is 0.416 e. The maximum atomic E-state index is 13.6. The zero-order valence-corrected chi connectivity index (χ0v) is 23.2. The monoisotopic (exact) mass is 630 g/mol. The number of hydrogen-bond donors (Lipinski definition) is 1. The molecule has 8 nitrogen and oxygen atoms in total. The van der Waals surface area contributed by atoms with Crippen LogP contribution in [0.4, 0.5) is 32.0 Å². The fourth-order valence-electron chi connectivity index (χ4n) is 5.31. The molecule has 14 heteroatoms. The van der Waals surface area contributed by atoms with Gasteiger partial charge in [-0.05, 0) is 47.9 Å². The van der Waals surface area contributed by atoms with Gasteiger partial charge in [-0.25, -0.2) is 0 Å². The molecule has 0 bridgehead atoms. The molecule has 1 atom stereocenters. The van der Waals surface area contributed by atoms with Crippen molar-refractivity contribution in [1.29, 1.82) is 0 Å². The van der Waals surface area contributed by atoms with E-state index in [-0.39, 0.29) is 37.8 Å². The number of amides is 2. The molecule has 2 heterocycles. The van der Waals surface area contributed by atoms with Crippen molar-refractivity contribution in [3.05, 3.63) is 117 Å². The van der Waals surface area contributed by atoms with Crippen molar-refractivity contribution >= 4 is 34.5 Å². The summed E-state index contributed by atoms with van der Waals surface area (Å²) in [5.74, 6) is -1.52. The van der Waals surface area contributed by atoms with Gasteiger partial charge in [-0.2, -0.15) is 26.3 Å². The molecule has 0 saturated carbocycles. The lowest BCUT2D eigenvalue weighted by Crippen LogP contribution is -2.57. The minimum atomic E-state index is -5.13. The van der Waals surface area contributed by atoms with Gasteiger partial charge in [0.2, 0.25) is 5.91 Å². The lowest BCUT2D eigenvalue weighted by atomic mass is 9.98. The second-order valence-corrected chi connectivity index (χ2v) is 10.5. The highest BCUT2D eigenvalue weighted by Gasteiger charge is 2.39. The first-order chi connectivity index (χ1) is 21.2. The number of fused-ring (bicyclic) bond motifs is 1. The van der Waals surface area contributed by atoms with Crippen LogP contribution in [0.15, 0.2) is 79.0 Å². The minimum Gasteiger partial charge on any atom is -0.361 e. The SMILES string of the molecule is O=C(/C=C/c1cccc([N+](=O)[O-])c1)N1CCN(C(=O)c2cc(C(F)(F)F)cc(C(F)(F)F)c2)C(Cc2c[nH]c3ccccc23)C1. The van der Waals surface area contributed by atoms with Crippen LogP contribution >= 0.6 is 0 Å². The van der Waals surface area contributed by atoms with Gasteiger partial charge in [0.15, 0.2) is 0 Å². The van der Waals surface area contributed by atoms with Crippen LogP contribution in [0.1, 0.15) is 32.6 Å². The first kappa shape index (κ1) is 31.3. The van der Waals surface area contributed by atoms with Gasteiger partial charge in [0.1, 0.15) is 0 Å². The van der Waals surface area contributed by atoms with Crippen LogP contribution in [0, 0.1) is 10.1 Å².